The Labute approximate surface area is 102 Å². The molecule has 0 heterocycles. The lowest BCUT2D eigenvalue weighted by atomic mass is 10.0. The normalized spacial score (nSPS) is 12.8. The number of aliphatic hydroxyl groups is 1. The van der Waals surface area contributed by atoms with Crippen LogP contribution in [0.5, 0.6) is 0 Å². The first-order chi connectivity index (χ1) is 7.60. The van der Waals surface area contributed by atoms with Crippen molar-refractivity contribution in [3.05, 3.63) is 0 Å². The fraction of sp³-hybridized carbons (Fsp3) is 0.909. The third-order valence-corrected chi connectivity index (χ3v) is 2.93. The van der Waals surface area contributed by atoms with Gasteiger partial charge in [-0.05, 0) is 12.3 Å². The van der Waals surface area contributed by atoms with Gasteiger partial charge >= 0.3 is 0 Å². The molecule has 1 atom stereocenters. The number of carbonyl (C=O) groups excluding carboxylic acids is 1. The molecule has 4 nitrogen and oxygen atoms in total. The van der Waals surface area contributed by atoms with Gasteiger partial charge in [0.05, 0.1) is 25.0 Å². The summed E-state index contributed by atoms with van der Waals surface area (Å²) in [5.41, 5.74) is 0. The van der Waals surface area contributed by atoms with Gasteiger partial charge in [0, 0.05) is 12.9 Å². The van der Waals surface area contributed by atoms with E-state index in [1.165, 1.54) is 11.8 Å². The molecule has 0 aromatic carbocycles. The molecule has 0 aliphatic rings. The fourth-order valence-corrected chi connectivity index (χ4v) is 2.02. The molecule has 16 heavy (non-hydrogen) atoms. The molecular formula is C11H23NO3S. The molecule has 96 valence electrons. The van der Waals surface area contributed by atoms with Crippen molar-refractivity contribution in [1.29, 1.82) is 0 Å². The van der Waals surface area contributed by atoms with Crippen LogP contribution in [0.4, 0.5) is 0 Å². The highest BCUT2D eigenvalue weighted by atomic mass is 32.2. The number of hydrogen-bond acceptors (Lipinski definition) is 4. The summed E-state index contributed by atoms with van der Waals surface area (Å²) in [5.74, 6) is 1.70. The van der Waals surface area contributed by atoms with Crippen LogP contribution in [0.1, 0.15) is 20.3 Å². The Morgan fingerprint density at radius 3 is 2.69 bits per heavy atom. The average Bonchev–Trinajstić information content (AvgIpc) is 2.23. The second-order valence-corrected chi connectivity index (χ2v) is 5.23. The Bertz CT molecular complexity index is 188. The lowest BCUT2D eigenvalue weighted by molar-refractivity contribution is -0.119. The summed E-state index contributed by atoms with van der Waals surface area (Å²) in [4.78, 5) is 11.5. The van der Waals surface area contributed by atoms with E-state index in [4.69, 9.17) is 9.84 Å². The third-order valence-electron chi connectivity index (χ3n) is 2.01. The topological polar surface area (TPSA) is 58.6 Å². The van der Waals surface area contributed by atoms with Gasteiger partial charge in [0.2, 0.25) is 5.91 Å². The van der Waals surface area contributed by atoms with E-state index in [0.29, 0.717) is 18.3 Å². The van der Waals surface area contributed by atoms with Crippen LogP contribution in [0.25, 0.3) is 0 Å². The summed E-state index contributed by atoms with van der Waals surface area (Å²) < 4.78 is 4.89. The number of hydrogen-bond donors (Lipinski definition) is 2. The number of carbonyl (C=O) groups is 1. The predicted molar refractivity (Wildman–Crippen MR) is 67.7 cm³/mol. The molecule has 0 spiro atoms. The van der Waals surface area contributed by atoms with Crippen molar-refractivity contribution >= 4 is 17.7 Å². The van der Waals surface area contributed by atoms with Gasteiger partial charge < -0.3 is 15.2 Å². The lowest BCUT2D eigenvalue weighted by Crippen LogP contribution is -2.39. The molecule has 1 amide bonds. The number of nitrogens with one attached hydrogen (secondary N) is 1. The van der Waals surface area contributed by atoms with Crippen molar-refractivity contribution in [1.82, 2.24) is 5.32 Å². The highest BCUT2D eigenvalue weighted by Crippen LogP contribution is 2.05. The van der Waals surface area contributed by atoms with Crippen molar-refractivity contribution in [2.24, 2.45) is 5.92 Å². The molecular weight excluding hydrogens is 226 g/mol. The van der Waals surface area contributed by atoms with Crippen LogP contribution < -0.4 is 5.32 Å². The maximum atomic E-state index is 11.5. The van der Waals surface area contributed by atoms with Crippen molar-refractivity contribution in [3.8, 4) is 0 Å². The average molecular weight is 249 g/mol. The minimum atomic E-state index is -0.115. The Kier molecular flexibility index (Phi) is 9.77. The Morgan fingerprint density at radius 1 is 1.50 bits per heavy atom. The van der Waals surface area contributed by atoms with Crippen LogP contribution in [0, 0.1) is 5.92 Å². The van der Waals surface area contributed by atoms with Crippen molar-refractivity contribution in [2.75, 3.05) is 31.8 Å². The van der Waals surface area contributed by atoms with Crippen LogP contribution in [-0.4, -0.2) is 48.9 Å². The molecule has 0 saturated heterocycles. The summed E-state index contributed by atoms with van der Waals surface area (Å²) in [6.45, 7) is 4.81. The zero-order chi connectivity index (χ0) is 12.4. The molecule has 0 saturated carbocycles. The van der Waals surface area contributed by atoms with Gasteiger partial charge in [-0.1, -0.05) is 13.8 Å². The van der Waals surface area contributed by atoms with Crippen LogP contribution in [0.15, 0.2) is 0 Å². The first-order valence-corrected chi connectivity index (χ1v) is 6.72. The number of thioether (sulfide) groups is 1. The van der Waals surface area contributed by atoms with Crippen LogP contribution in [0.3, 0.4) is 0 Å². The first kappa shape index (κ1) is 15.7. The van der Waals surface area contributed by atoms with E-state index >= 15 is 0 Å². The molecule has 0 aliphatic carbocycles. The predicted octanol–water partition coefficient (Wildman–Crippen LogP) is 0.889. The van der Waals surface area contributed by atoms with Crippen LogP contribution in [-0.2, 0) is 9.53 Å². The molecule has 0 rings (SSSR count). The standard InChI is InChI=1S/C11H23NO3S/c1-9(2)6-10(7-13)12-11(14)8-16-5-4-15-3/h9-10,13H,4-8H2,1-3H3,(H,12,14). The van der Waals surface area contributed by atoms with E-state index < -0.39 is 0 Å². The van der Waals surface area contributed by atoms with Gasteiger partial charge in [-0.2, -0.15) is 0 Å². The molecule has 0 aromatic heterocycles. The summed E-state index contributed by atoms with van der Waals surface area (Å²) >= 11 is 1.54. The summed E-state index contributed by atoms with van der Waals surface area (Å²) in [6.07, 6.45) is 0.810. The van der Waals surface area contributed by atoms with Crippen molar-refractivity contribution < 1.29 is 14.6 Å². The number of aliphatic hydroxyl groups excluding tert-OH is 1. The lowest BCUT2D eigenvalue weighted by Gasteiger charge is -2.18. The Balaban J connectivity index is 3.66. The molecule has 1 unspecified atom stereocenters. The van der Waals surface area contributed by atoms with Crippen LogP contribution >= 0.6 is 11.8 Å². The molecule has 0 bridgehead atoms. The number of rotatable bonds is 9. The minimum absolute atomic E-state index is 0.00660. The monoisotopic (exact) mass is 249 g/mol. The largest absolute Gasteiger partial charge is 0.394 e. The van der Waals surface area contributed by atoms with Crippen molar-refractivity contribution in [3.63, 3.8) is 0 Å². The number of amides is 1. The van der Waals surface area contributed by atoms with Gasteiger partial charge in [0.25, 0.3) is 0 Å². The van der Waals surface area contributed by atoms with Gasteiger partial charge in [0.1, 0.15) is 0 Å². The van der Waals surface area contributed by atoms with Gasteiger partial charge in [-0.25, -0.2) is 0 Å². The molecule has 0 aliphatic heterocycles. The van der Waals surface area contributed by atoms with E-state index in [9.17, 15) is 4.79 Å². The Morgan fingerprint density at radius 2 is 2.19 bits per heavy atom. The van der Waals surface area contributed by atoms with E-state index in [0.717, 1.165) is 12.2 Å². The smallest absolute Gasteiger partial charge is 0.230 e. The molecule has 0 fully saturated rings. The first-order valence-electron chi connectivity index (χ1n) is 5.57. The SMILES string of the molecule is COCCSCC(=O)NC(CO)CC(C)C. The highest BCUT2D eigenvalue weighted by molar-refractivity contribution is 7.99. The summed E-state index contributed by atoms with van der Waals surface area (Å²) in [5, 5.41) is 11.9. The van der Waals surface area contributed by atoms with E-state index in [1.807, 2.05) is 0 Å². The molecule has 2 N–H and O–H groups in total. The van der Waals surface area contributed by atoms with Gasteiger partial charge in [0.15, 0.2) is 0 Å². The van der Waals surface area contributed by atoms with E-state index in [2.05, 4.69) is 19.2 Å². The fourth-order valence-electron chi connectivity index (χ4n) is 1.32. The molecule has 5 heteroatoms. The Hall–Kier alpha value is -0.260. The van der Waals surface area contributed by atoms with E-state index in [1.54, 1.807) is 7.11 Å². The quantitative estimate of drug-likeness (QED) is 0.596. The maximum Gasteiger partial charge on any atom is 0.230 e. The zero-order valence-corrected chi connectivity index (χ0v) is 11.2. The van der Waals surface area contributed by atoms with E-state index in [-0.39, 0.29) is 18.6 Å². The van der Waals surface area contributed by atoms with Gasteiger partial charge in [-0.15, -0.1) is 11.8 Å². The van der Waals surface area contributed by atoms with Crippen LogP contribution in [0.2, 0.25) is 0 Å². The maximum absolute atomic E-state index is 11.5. The zero-order valence-electron chi connectivity index (χ0n) is 10.4. The molecule has 0 radical (unpaired) electrons. The second kappa shape index (κ2) is 9.93. The number of ether oxygens (including phenoxy) is 1. The third kappa shape index (κ3) is 9.00. The summed E-state index contributed by atoms with van der Waals surface area (Å²) in [6, 6.07) is -0.115. The minimum Gasteiger partial charge on any atom is -0.394 e. The summed E-state index contributed by atoms with van der Waals surface area (Å²) in [7, 11) is 1.64. The second-order valence-electron chi connectivity index (χ2n) is 4.12. The number of methoxy groups -OCH3 is 1. The van der Waals surface area contributed by atoms with Gasteiger partial charge in [-0.3, -0.25) is 4.79 Å². The van der Waals surface area contributed by atoms with Crippen molar-refractivity contribution in [2.45, 2.75) is 26.3 Å². The highest BCUT2D eigenvalue weighted by Gasteiger charge is 2.12. The molecule has 0 aromatic rings.